The lowest BCUT2D eigenvalue weighted by Crippen LogP contribution is -2.26. The van der Waals surface area contributed by atoms with Crippen LogP contribution in [0, 0.1) is 0 Å². The molecule has 11 heteroatoms. The Balaban J connectivity index is 1.45. The van der Waals surface area contributed by atoms with Gasteiger partial charge in [-0.05, 0) is 72.8 Å². The summed E-state index contributed by atoms with van der Waals surface area (Å²) in [6, 6.07) is 19.5. The molecule has 0 bridgehead atoms. The van der Waals surface area contributed by atoms with Crippen LogP contribution >= 0.6 is 22.9 Å². The molecule has 0 fully saturated rings. The lowest BCUT2D eigenvalue weighted by atomic mass is 10.2. The average Bonchev–Trinajstić information content (AvgIpc) is 3.32. The summed E-state index contributed by atoms with van der Waals surface area (Å²) in [4.78, 5) is 12.8. The predicted molar refractivity (Wildman–Crippen MR) is 133 cm³/mol. The van der Waals surface area contributed by atoms with Crippen molar-refractivity contribution in [3.63, 3.8) is 0 Å². The number of hydrogen-bond donors (Lipinski definition) is 1. The van der Waals surface area contributed by atoms with E-state index in [-0.39, 0.29) is 10.8 Å². The molecule has 34 heavy (non-hydrogen) atoms. The molecule has 3 aromatic carbocycles. The molecule has 1 N–H and O–H groups in total. The molecule has 4 rings (SSSR count). The number of nitrogens with zero attached hydrogens (tertiary/aromatic N) is 3. The summed E-state index contributed by atoms with van der Waals surface area (Å²) in [5, 5.41) is 12.3. The van der Waals surface area contributed by atoms with Crippen LogP contribution < -0.4 is 14.4 Å². The van der Waals surface area contributed by atoms with E-state index in [2.05, 4.69) is 15.5 Å². The molecule has 1 heterocycles. The Morgan fingerprint density at radius 2 is 1.62 bits per heavy atom. The van der Waals surface area contributed by atoms with E-state index in [4.69, 9.17) is 16.3 Å². The first-order valence-electron chi connectivity index (χ1n) is 9.92. The normalized spacial score (nSPS) is 11.1. The molecule has 0 aliphatic heterocycles. The fourth-order valence-electron chi connectivity index (χ4n) is 3.02. The van der Waals surface area contributed by atoms with Crippen LogP contribution in [0.3, 0.4) is 0 Å². The number of halogens is 1. The molecule has 0 spiro atoms. The van der Waals surface area contributed by atoms with E-state index in [1.54, 1.807) is 31.4 Å². The molecule has 8 nitrogen and oxygen atoms in total. The summed E-state index contributed by atoms with van der Waals surface area (Å²) < 4.78 is 32.0. The van der Waals surface area contributed by atoms with Gasteiger partial charge in [0.25, 0.3) is 15.9 Å². The van der Waals surface area contributed by atoms with E-state index in [1.807, 2.05) is 24.3 Å². The average molecular weight is 515 g/mol. The number of benzene rings is 3. The van der Waals surface area contributed by atoms with Gasteiger partial charge in [-0.1, -0.05) is 22.9 Å². The lowest BCUT2D eigenvalue weighted by Gasteiger charge is -2.19. The van der Waals surface area contributed by atoms with Gasteiger partial charge in [-0.2, -0.15) is 0 Å². The predicted octanol–water partition coefficient (Wildman–Crippen LogP) is 4.94. The monoisotopic (exact) mass is 514 g/mol. The van der Waals surface area contributed by atoms with Crippen LogP contribution in [0.25, 0.3) is 10.6 Å². The van der Waals surface area contributed by atoms with Crippen LogP contribution in [0.2, 0.25) is 5.02 Å². The number of nitrogens with one attached hydrogen (secondary N) is 1. The van der Waals surface area contributed by atoms with Crippen LogP contribution in [0.4, 0.5) is 10.8 Å². The number of aromatic nitrogens is 2. The van der Waals surface area contributed by atoms with Gasteiger partial charge in [0.15, 0.2) is 0 Å². The highest BCUT2D eigenvalue weighted by Crippen LogP contribution is 2.28. The Kier molecular flexibility index (Phi) is 6.82. The summed E-state index contributed by atoms with van der Waals surface area (Å²) in [5.41, 5.74) is 1.61. The molecule has 0 unspecified atom stereocenters. The molecule has 0 saturated carbocycles. The first kappa shape index (κ1) is 23.7. The molecule has 0 atom stereocenters. The molecule has 0 aliphatic carbocycles. The van der Waals surface area contributed by atoms with Crippen molar-refractivity contribution in [1.82, 2.24) is 10.2 Å². The van der Waals surface area contributed by atoms with Crippen molar-refractivity contribution in [3.8, 4) is 16.3 Å². The van der Waals surface area contributed by atoms with Crippen molar-refractivity contribution in [2.24, 2.45) is 0 Å². The Hall–Kier alpha value is -3.47. The number of sulfonamides is 1. The number of amides is 1. The number of ether oxygens (including phenoxy) is 1. The second-order valence-corrected chi connectivity index (χ2v) is 10.5. The minimum atomic E-state index is -3.77. The van der Waals surface area contributed by atoms with E-state index < -0.39 is 10.0 Å². The molecule has 0 aliphatic rings. The zero-order chi connectivity index (χ0) is 24.3. The number of methoxy groups -OCH3 is 1. The van der Waals surface area contributed by atoms with Gasteiger partial charge >= 0.3 is 0 Å². The van der Waals surface area contributed by atoms with Crippen LogP contribution in [0.15, 0.2) is 77.7 Å². The largest absolute Gasteiger partial charge is 0.497 e. The lowest BCUT2D eigenvalue weighted by molar-refractivity contribution is 0.102. The Morgan fingerprint density at radius 3 is 2.24 bits per heavy atom. The second kappa shape index (κ2) is 9.80. The molecule has 1 aromatic heterocycles. The Labute approximate surface area is 205 Å². The van der Waals surface area contributed by atoms with Gasteiger partial charge in [-0.25, -0.2) is 8.42 Å². The number of carbonyl (C=O) groups is 1. The Bertz CT molecular complexity index is 1400. The third kappa shape index (κ3) is 5.04. The van der Waals surface area contributed by atoms with Gasteiger partial charge in [-0.3, -0.25) is 14.4 Å². The molecule has 1 amide bonds. The summed E-state index contributed by atoms with van der Waals surface area (Å²) in [7, 11) is -0.730. The van der Waals surface area contributed by atoms with E-state index in [0.717, 1.165) is 15.6 Å². The minimum absolute atomic E-state index is 0.116. The molecule has 4 aromatic rings. The number of hydrogen-bond acceptors (Lipinski definition) is 7. The highest BCUT2D eigenvalue weighted by molar-refractivity contribution is 7.92. The van der Waals surface area contributed by atoms with Gasteiger partial charge < -0.3 is 4.74 Å². The third-order valence-corrected chi connectivity index (χ3v) is 7.89. The van der Waals surface area contributed by atoms with Gasteiger partial charge in [-0.15, -0.1) is 10.2 Å². The van der Waals surface area contributed by atoms with Gasteiger partial charge in [0.05, 0.1) is 17.7 Å². The highest BCUT2D eigenvalue weighted by Gasteiger charge is 2.21. The summed E-state index contributed by atoms with van der Waals surface area (Å²) in [5.74, 6) is 0.351. The number of rotatable bonds is 7. The first-order chi connectivity index (χ1) is 16.3. The molecular formula is C23H19ClN4O4S2. The van der Waals surface area contributed by atoms with Crippen molar-refractivity contribution in [2.75, 3.05) is 23.8 Å². The van der Waals surface area contributed by atoms with Gasteiger partial charge in [0.2, 0.25) is 5.13 Å². The van der Waals surface area contributed by atoms with E-state index in [9.17, 15) is 13.2 Å². The third-order valence-electron chi connectivity index (χ3n) is 4.95. The van der Waals surface area contributed by atoms with Crippen molar-refractivity contribution in [1.29, 1.82) is 0 Å². The van der Waals surface area contributed by atoms with E-state index >= 15 is 0 Å². The standard InChI is InChI=1S/C23H19ClN4O4S2/c1-28(34(30,31)20-13-7-17(24)8-14-20)18-9-3-15(4-10-18)21(29)25-23-27-26-22(33-23)16-5-11-19(32-2)12-6-16/h3-14H,1-2H3,(H,25,27,29). The summed E-state index contributed by atoms with van der Waals surface area (Å²) in [6.07, 6.45) is 0. The summed E-state index contributed by atoms with van der Waals surface area (Å²) >= 11 is 7.09. The molecule has 174 valence electrons. The van der Waals surface area contributed by atoms with Crippen LogP contribution in [-0.2, 0) is 10.0 Å². The fraction of sp³-hybridized carbons (Fsp3) is 0.0870. The SMILES string of the molecule is COc1ccc(-c2nnc(NC(=O)c3ccc(N(C)S(=O)(=O)c4ccc(Cl)cc4)cc3)s2)cc1. The van der Waals surface area contributed by atoms with E-state index in [1.165, 1.54) is 42.6 Å². The maximum Gasteiger partial charge on any atom is 0.264 e. The zero-order valence-electron chi connectivity index (χ0n) is 18.1. The van der Waals surface area contributed by atoms with Crippen LogP contribution in [0.5, 0.6) is 5.75 Å². The highest BCUT2D eigenvalue weighted by atomic mass is 35.5. The minimum Gasteiger partial charge on any atom is -0.497 e. The molecule has 0 saturated heterocycles. The second-order valence-electron chi connectivity index (χ2n) is 7.07. The van der Waals surface area contributed by atoms with Crippen molar-refractivity contribution in [2.45, 2.75) is 4.90 Å². The smallest absolute Gasteiger partial charge is 0.264 e. The van der Waals surface area contributed by atoms with Crippen LogP contribution in [-0.4, -0.2) is 38.7 Å². The van der Waals surface area contributed by atoms with Gasteiger partial charge in [0, 0.05) is 23.2 Å². The zero-order valence-corrected chi connectivity index (χ0v) is 20.5. The molecule has 0 radical (unpaired) electrons. The number of carbonyl (C=O) groups excluding carboxylic acids is 1. The van der Waals surface area contributed by atoms with Gasteiger partial charge in [0.1, 0.15) is 10.8 Å². The fourth-order valence-corrected chi connectivity index (χ4v) is 5.09. The first-order valence-corrected chi connectivity index (χ1v) is 12.6. The quantitative estimate of drug-likeness (QED) is 0.374. The van der Waals surface area contributed by atoms with E-state index in [0.29, 0.717) is 26.4 Å². The van der Waals surface area contributed by atoms with Crippen molar-refractivity contribution in [3.05, 3.63) is 83.4 Å². The molecular weight excluding hydrogens is 496 g/mol. The van der Waals surface area contributed by atoms with Crippen molar-refractivity contribution >= 4 is 49.7 Å². The Morgan fingerprint density at radius 1 is 0.971 bits per heavy atom. The topological polar surface area (TPSA) is 101 Å². The van der Waals surface area contributed by atoms with Crippen molar-refractivity contribution < 1.29 is 17.9 Å². The maximum atomic E-state index is 12.8. The van der Waals surface area contributed by atoms with Crippen LogP contribution in [0.1, 0.15) is 10.4 Å². The summed E-state index contributed by atoms with van der Waals surface area (Å²) in [6.45, 7) is 0. The maximum absolute atomic E-state index is 12.8. The number of anilines is 2.